The molecule has 1 aromatic carbocycles. The van der Waals surface area contributed by atoms with Gasteiger partial charge in [0.15, 0.2) is 16.1 Å². The third-order valence-electron chi connectivity index (χ3n) is 1.80. The molecule has 88 valence electrons. The molecule has 0 N–H and O–H groups in total. The van der Waals surface area contributed by atoms with Gasteiger partial charge in [-0.1, -0.05) is 34.8 Å². The molecule has 1 aromatic heterocycles. The van der Waals surface area contributed by atoms with Crippen molar-refractivity contribution in [1.29, 1.82) is 0 Å². The maximum absolute atomic E-state index is 12.8. The van der Waals surface area contributed by atoms with Crippen LogP contribution in [0.2, 0.25) is 15.3 Å². The molecule has 2 aromatic rings. The van der Waals surface area contributed by atoms with Crippen LogP contribution in [0, 0.1) is 5.82 Å². The lowest BCUT2D eigenvalue weighted by molar-refractivity contribution is 0.477. The standard InChI is InChI=1S/C10H4Cl3FN2O/c11-6-3-5(14)1-2-7(6)17-8-4-9(12)15-16-10(8)13/h1-4H. The van der Waals surface area contributed by atoms with Gasteiger partial charge in [-0.3, -0.25) is 0 Å². The van der Waals surface area contributed by atoms with Crippen LogP contribution in [-0.2, 0) is 0 Å². The van der Waals surface area contributed by atoms with E-state index in [-0.39, 0.29) is 26.8 Å². The molecule has 0 fully saturated rings. The summed E-state index contributed by atoms with van der Waals surface area (Å²) in [7, 11) is 0. The highest BCUT2D eigenvalue weighted by Gasteiger charge is 2.09. The highest BCUT2D eigenvalue weighted by molar-refractivity contribution is 6.33. The van der Waals surface area contributed by atoms with E-state index in [0.29, 0.717) is 0 Å². The van der Waals surface area contributed by atoms with Gasteiger partial charge in [-0.15, -0.1) is 10.2 Å². The van der Waals surface area contributed by atoms with E-state index in [1.54, 1.807) is 0 Å². The van der Waals surface area contributed by atoms with E-state index in [1.807, 2.05) is 0 Å². The maximum atomic E-state index is 12.8. The Morgan fingerprint density at radius 2 is 1.76 bits per heavy atom. The molecule has 0 aliphatic heterocycles. The first-order chi connectivity index (χ1) is 8.06. The molecule has 0 saturated carbocycles. The van der Waals surface area contributed by atoms with Crippen LogP contribution in [0.15, 0.2) is 24.3 Å². The van der Waals surface area contributed by atoms with E-state index in [2.05, 4.69) is 10.2 Å². The van der Waals surface area contributed by atoms with Crippen LogP contribution in [0.3, 0.4) is 0 Å². The van der Waals surface area contributed by atoms with Gasteiger partial charge in [0.1, 0.15) is 11.6 Å². The first-order valence-corrected chi connectivity index (χ1v) is 5.51. The number of hydrogen-bond donors (Lipinski definition) is 0. The molecule has 0 atom stereocenters. The van der Waals surface area contributed by atoms with Gasteiger partial charge in [-0.2, -0.15) is 0 Å². The number of halogens is 4. The Labute approximate surface area is 111 Å². The lowest BCUT2D eigenvalue weighted by Crippen LogP contribution is -1.91. The smallest absolute Gasteiger partial charge is 0.194 e. The Morgan fingerprint density at radius 3 is 2.47 bits per heavy atom. The van der Waals surface area contributed by atoms with Gasteiger partial charge in [-0.25, -0.2) is 4.39 Å². The summed E-state index contributed by atoms with van der Waals surface area (Å²) in [5.41, 5.74) is 0. The fraction of sp³-hybridized carbons (Fsp3) is 0. The molecule has 0 saturated heterocycles. The molecule has 0 amide bonds. The van der Waals surface area contributed by atoms with Crippen LogP contribution in [0.1, 0.15) is 0 Å². The second kappa shape index (κ2) is 5.04. The molecule has 0 bridgehead atoms. The Hall–Kier alpha value is -1.10. The molecule has 2 rings (SSSR count). The molecule has 0 aliphatic carbocycles. The topological polar surface area (TPSA) is 35.0 Å². The number of benzene rings is 1. The average molecular weight is 294 g/mol. The third-order valence-corrected chi connectivity index (χ3v) is 2.54. The van der Waals surface area contributed by atoms with Crippen molar-refractivity contribution in [1.82, 2.24) is 10.2 Å². The van der Waals surface area contributed by atoms with Gasteiger partial charge < -0.3 is 4.74 Å². The zero-order chi connectivity index (χ0) is 12.4. The van der Waals surface area contributed by atoms with Gasteiger partial charge in [0.2, 0.25) is 0 Å². The van der Waals surface area contributed by atoms with E-state index >= 15 is 0 Å². The quantitative estimate of drug-likeness (QED) is 0.824. The van der Waals surface area contributed by atoms with Crippen LogP contribution in [0.25, 0.3) is 0 Å². The molecule has 0 spiro atoms. The van der Waals surface area contributed by atoms with Gasteiger partial charge in [0.25, 0.3) is 0 Å². The number of rotatable bonds is 2. The van der Waals surface area contributed by atoms with Crippen LogP contribution < -0.4 is 4.74 Å². The van der Waals surface area contributed by atoms with E-state index in [0.717, 1.165) is 6.07 Å². The van der Waals surface area contributed by atoms with E-state index in [9.17, 15) is 4.39 Å². The predicted octanol–water partition coefficient (Wildman–Crippen LogP) is 4.37. The molecule has 0 radical (unpaired) electrons. The largest absolute Gasteiger partial charge is 0.452 e. The molecular formula is C10H4Cl3FN2O. The minimum Gasteiger partial charge on any atom is -0.452 e. The Kier molecular flexibility index (Phi) is 3.66. The van der Waals surface area contributed by atoms with E-state index < -0.39 is 5.82 Å². The highest BCUT2D eigenvalue weighted by Crippen LogP contribution is 2.33. The molecule has 0 aliphatic rings. The van der Waals surface area contributed by atoms with E-state index in [4.69, 9.17) is 39.5 Å². The molecule has 3 nitrogen and oxygen atoms in total. The summed E-state index contributed by atoms with van der Waals surface area (Å²) in [5.74, 6) is -0.0152. The van der Waals surface area contributed by atoms with Crippen molar-refractivity contribution in [3.05, 3.63) is 45.4 Å². The summed E-state index contributed by atoms with van der Waals surface area (Å²) >= 11 is 17.2. The van der Waals surface area contributed by atoms with Crippen molar-refractivity contribution < 1.29 is 9.13 Å². The molecular weight excluding hydrogens is 289 g/mol. The highest BCUT2D eigenvalue weighted by atomic mass is 35.5. The van der Waals surface area contributed by atoms with Gasteiger partial charge in [0, 0.05) is 6.07 Å². The first kappa shape index (κ1) is 12.4. The molecule has 1 heterocycles. The van der Waals surface area contributed by atoms with E-state index in [1.165, 1.54) is 18.2 Å². The molecule has 7 heteroatoms. The summed E-state index contributed by atoms with van der Waals surface area (Å²) in [6, 6.07) is 5.10. The fourth-order valence-corrected chi connectivity index (χ4v) is 1.56. The number of nitrogens with zero attached hydrogens (tertiary/aromatic N) is 2. The minimum absolute atomic E-state index is 0.0368. The first-order valence-electron chi connectivity index (χ1n) is 4.38. The van der Waals surface area contributed by atoms with Crippen molar-refractivity contribution in [3.63, 3.8) is 0 Å². The van der Waals surface area contributed by atoms with Crippen molar-refractivity contribution in [3.8, 4) is 11.5 Å². The number of hydrogen-bond acceptors (Lipinski definition) is 3. The predicted molar refractivity (Wildman–Crippen MR) is 63.5 cm³/mol. The minimum atomic E-state index is -0.459. The second-order valence-electron chi connectivity index (χ2n) is 3.00. The van der Waals surface area contributed by atoms with Crippen LogP contribution in [0.4, 0.5) is 4.39 Å². The lowest BCUT2D eigenvalue weighted by atomic mass is 10.3. The molecule has 0 unspecified atom stereocenters. The lowest BCUT2D eigenvalue weighted by Gasteiger charge is -2.08. The monoisotopic (exact) mass is 292 g/mol. The summed E-state index contributed by atoms with van der Waals surface area (Å²) in [5, 5.41) is 7.38. The van der Waals surface area contributed by atoms with Crippen molar-refractivity contribution >= 4 is 34.8 Å². The van der Waals surface area contributed by atoms with Crippen LogP contribution in [-0.4, -0.2) is 10.2 Å². The number of aromatic nitrogens is 2. The number of ether oxygens (including phenoxy) is 1. The molecule has 17 heavy (non-hydrogen) atoms. The zero-order valence-corrected chi connectivity index (χ0v) is 10.4. The Morgan fingerprint density at radius 1 is 1.00 bits per heavy atom. The Balaban J connectivity index is 2.34. The summed E-state index contributed by atoms with van der Waals surface area (Å²) in [4.78, 5) is 0. The zero-order valence-electron chi connectivity index (χ0n) is 8.12. The summed E-state index contributed by atoms with van der Waals surface area (Å²) in [6.45, 7) is 0. The average Bonchev–Trinajstić information content (AvgIpc) is 2.27. The third kappa shape index (κ3) is 2.97. The van der Waals surface area contributed by atoms with Crippen molar-refractivity contribution in [2.24, 2.45) is 0 Å². The summed E-state index contributed by atoms with van der Waals surface area (Å²) in [6.07, 6.45) is 0. The van der Waals surface area contributed by atoms with Crippen molar-refractivity contribution in [2.45, 2.75) is 0 Å². The SMILES string of the molecule is Fc1ccc(Oc2cc(Cl)nnc2Cl)c(Cl)c1. The van der Waals surface area contributed by atoms with Gasteiger partial charge in [-0.05, 0) is 18.2 Å². The van der Waals surface area contributed by atoms with Gasteiger partial charge >= 0.3 is 0 Å². The van der Waals surface area contributed by atoms with Gasteiger partial charge in [0.05, 0.1) is 5.02 Å². The Bertz CT molecular complexity index is 565. The van der Waals surface area contributed by atoms with Crippen molar-refractivity contribution in [2.75, 3.05) is 0 Å². The normalized spacial score (nSPS) is 10.4. The summed E-state index contributed by atoms with van der Waals surface area (Å²) < 4.78 is 18.2. The second-order valence-corrected chi connectivity index (χ2v) is 4.15. The van der Waals surface area contributed by atoms with Crippen LogP contribution in [0.5, 0.6) is 11.5 Å². The van der Waals surface area contributed by atoms with Crippen LogP contribution >= 0.6 is 34.8 Å². The maximum Gasteiger partial charge on any atom is 0.194 e. The fourth-order valence-electron chi connectivity index (χ4n) is 1.09.